The number of hydrogen-bond donors (Lipinski definition) is 1. The van der Waals surface area contributed by atoms with Gasteiger partial charge in [0.25, 0.3) is 0 Å². The van der Waals surface area contributed by atoms with Crippen LogP contribution in [0.15, 0.2) is 59.8 Å². The molecule has 0 bridgehead atoms. The molecule has 1 aromatic heterocycles. The molecule has 0 aliphatic heterocycles. The molecule has 0 fully saturated rings. The second-order valence-electron chi connectivity index (χ2n) is 5.91. The topological polar surface area (TPSA) is 74.1 Å². The molecule has 28 heavy (non-hydrogen) atoms. The molecule has 7 nitrogen and oxygen atoms in total. The van der Waals surface area contributed by atoms with Gasteiger partial charge in [0.05, 0.1) is 26.5 Å². The van der Waals surface area contributed by atoms with Gasteiger partial charge in [-0.2, -0.15) is 5.10 Å². The molecule has 0 atom stereocenters. The second kappa shape index (κ2) is 9.45. The number of para-hydroxylation sites is 1. The van der Waals surface area contributed by atoms with Crippen molar-refractivity contribution in [2.75, 3.05) is 20.3 Å². The monoisotopic (exact) mass is 381 g/mol. The molecular weight excluding hydrogens is 358 g/mol. The van der Waals surface area contributed by atoms with Crippen molar-refractivity contribution in [1.82, 2.24) is 9.99 Å². The first-order valence-electron chi connectivity index (χ1n) is 9.02. The van der Waals surface area contributed by atoms with Crippen LogP contribution in [0, 0.1) is 0 Å². The van der Waals surface area contributed by atoms with E-state index in [0.29, 0.717) is 19.8 Å². The van der Waals surface area contributed by atoms with Gasteiger partial charge in [0.1, 0.15) is 18.1 Å². The van der Waals surface area contributed by atoms with Crippen LogP contribution in [0.4, 0.5) is 4.79 Å². The number of fused-ring (bicyclic) bond motifs is 1. The summed E-state index contributed by atoms with van der Waals surface area (Å²) in [5, 5.41) is 5.00. The fourth-order valence-corrected chi connectivity index (χ4v) is 2.83. The number of hydrogen-bond acceptors (Lipinski definition) is 5. The Balaban J connectivity index is 1.69. The van der Waals surface area contributed by atoms with Gasteiger partial charge in [0.2, 0.25) is 0 Å². The summed E-state index contributed by atoms with van der Waals surface area (Å²) in [6, 6.07) is 15.5. The highest BCUT2D eigenvalue weighted by atomic mass is 16.5. The van der Waals surface area contributed by atoms with Crippen LogP contribution in [0.3, 0.4) is 0 Å². The van der Waals surface area contributed by atoms with Crippen molar-refractivity contribution in [2.24, 2.45) is 5.10 Å². The van der Waals surface area contributed by atoms with Gasteiger partial charge in [-0.15, -0.1) is 0 Å². The molecule has 146 valence electrons. The molecule has 3 rings (SSSR count). The van der Waals surface area contributed by atoms with Gasteiger partial charge in [-0.05, 0) is 25.1 Å². The minimum absolute atomic E-state index is 0.300. The first kappa shape index (κ1) is 19.3. The summed E-state index contributed by atoms with van der Waals surface area (Å²) in [6.45, 7) is 3.21. The third-order valence-electron chi connectivity index (χ3n) is 4.10. The van der Waals surface area contributed by atoms with Crippen LogP contribution in [-0.2, 0) is 11.3 Å². The van der Waals surface area contributed by atoms with Gasteiger partial charge in [0, 0.05) is 28.7 Å². The normalized spacial score (nSPS) is 10.9. The van der Waals surface area contributed by atoms with Gasteiger partial charge in [0.15, 0.2) is 0 Å². The Morgan fingerprint density at radius 3 is 2.82 bits per heavy atom. The van der Waals surface area contributed by atoms with Crippen molar-refractivity contribution in [3.63, 3.8) is 0 Å². The molecular formula is C21H23N3O4. The van der Waals surface area contributed by atoms with Crippen LogP contribution in [0.25, 0.3) is 10.9 Å². The first-order chi connectivity index (χ1) is 13.7. The first-order valence-corrected chi connectivity index (χ1v) is 9.02. The lowest BCUT2D eigenvalue weighted by molar-refractivity contribution is 0.152. The molecule has 0 saturated heterocycles. The highest BCUT2D eigenvalue weighted by molar-refractivity contribution is 5.99. The SMILES string of the molecule is CCOC(=O)NN=Cc1cn(CCOc2cccc(OC)c2)c2ccccc12. The van der Waals surface area contributed by atoms with Crippen LogP contribution < -0.4 is 14.9 Å². The second-order valence-corrected chi connectivity index (χ2v) is 5.91. The fourth-order valence-electron chi connectivity index (χ4n) is 2.83. The highest BCUT2D eigenvalue weighted by Gasteiger charge is 2.07. The average Bonchev–Trinajstić information content (AvgIpc) is 3.06. The summed E-state index contributed by atoms with van der Waals surface area (Å²) in [5.74, 6) is 1.52. The Labute approximate surface area is 163 Å². The van der Waals surface area contributed by atoms with E-state index in [0.717, 1.165) is 28.0 Å². The standard InChI is InChI=1S/C21H23N3O4/c1-3-27-21(25)23-22-14-16-15-24(20-10-5-4-9-19(16)20)11-12-28-18-8-6-7-17(13-18)26-2/h4-10,13-15H,3,11-12H2,1-2H3,(H,23,25). The molecule has 7 heteroatoms. The summed E-state index contributed by atoms with van der Waals surface area (Å²) in [5.41, 5.74) is 4.31. The Bertz CT molecular complexity index is 965. The zero-order valence-electron chi connectivity index (χ0n) is 15.9. The van der Waals surface area contributed by atoms with Crippen LogP contribution in [-0.4, -0.2) is 37.2 Å². The Morgan fingerprint density at radius 2 is 2.00 bits per heavy atom. The number of benzene rings is 2. The minimum atomic E-state index is -0.575. The number of ether oxygens (including phenoxy) is 3. The van der Waals surface area contributed by atoms with Gasteiger partial charge >= 0.3 is 6.09 Å². The summed E-state index contributed by atoms with van der Waals surface area (Å²) >= 11 is 0. The minimum Gasteiger partial charge on any atom is -0.497 e. The van der Waals surface area contributed by atoms with Gasteiger partial charge in [-0.1, -0.05) is 24.3 Å². The maximum atomic E-state index is 11.3. The van der Waals surface area contributed by atoms with Crippen LogP contribution in [0.2, 0.25) is 0 Å². The zero-order valence-corrected chi connectivity index (χ0v) is 15.9. The summed E-state index contributed by atoms with van der Waals surface area (Å²) in [7, 11) is 1.63. The number of rotatable bonds is 8. The maximum absolute atomic E-state index is 11.3. The lowest BCUT2D eigenvalue weighted by Gasteiger charge is -2.09. The lowest BCUT2D eigenvalue weighted by Crippen LogP contribution is -2.18. The van der Waals surface area contributed by atoms with Crippen LogP contribution in [0.5, 0.6) is 11.5 Å². The molecule has 1 N–H and O–H groups in total. The number of nitrogens with one attached hydrogen (secondary N) is 1. The Morgan fingerprint density at radius 1 is 1.18 bits per heavy atom. The molecule has 0 unspecified atom stereocenters. The highest BCUT2D eigenvalue weighted by Crippen LogP contribution is 2.21. The largest absolute Gasteiger partial charge is 0.497 e. The third-order valence-corrected chi connectivity index (χ3v) is 4.10. The van der Waals surface area contributed by atoms with Crippen molar-refractivity contribution < 1.29 is 19.0 Å². The Hall–Kier alpha value is -3.48. The van der Waals surface area contributed by atoms with E-state index in [9.17, 15) is 4.79 Å². The van der Waals surface area contributed by atoms with Crippen molar-refractivity contribution in [3.8, 4) is 11.5 Å². The summed E-state index contributed by atoms with van der Waals surface area (Å²) < 4.78 is 17.9. The smallest absolute Gasteiger partial charge is 0.427 e. The summed E-state index contributed by atoms with van der Waals surface area (Å²) in [4.78, 5) is 11.3. The average molecular weight is 381 g/mol. The predicted molar refractivity (Wildman–Crippen MR) is 108 cm³/mol. The van der Waals surface area contributed by atoms with E-state index in [1.54, 1.807) is 20.2 Å². The Kier molecular flexibility index (Phi) is 6.51. The third kappa shape index (κ3) is 4.82. The zero-order chi connectivity index (χ0) is 19.8. The van der Waals surface area contributed by atoms with Crippen molar-refractivity contribution in [3.05, 3.63) is 60.3 Å². The van der Waals surface area contributed by atoms with E-state index in [-0.39, 0.29) is 0 Å². The molecule has 1 heterocycles. The van der Waals surface area contributed by atoms with Crippen LogP contribution in [0.1, 0.15) is 12.5 Å². The van der Waals surface area contributed by atoms with Gasteiger partial charge < -0.3 is 18.8 Å². The van der Waals surface area contributed by atoms with Crippen molar-refractivity contribution in [1.29, 1.82) is 0 Å². The number of aromatic nitrogens is 1. The molecule has 1 amide bonds. The number of carbonyl (C=O) groups is 1. The number of nitrogens with zero attached hydrogens (tertiary/aromatic N) is 2. The number of carbonyl (C=O) groups excluding carboxylic acids is 1. The fraction of sp³-hybridized carbons (Fsp3) is 0.238. The van der Waals surface area contributed by atoms with E-state index < -0.39 is 6.09 Å². The maximum Gasteiger partial charge on any atom is 0.427 e. The van der Waals surface area contributed by atoms with E-state index in [1.807, 2.05) is 54.7 Å². The lowest BCUT2D eigenvalue weighted by atomic mass is 10.2. The van der Waals surface area contributed by atoms with Crippen LogP contribution >= 0.6 is 0 Å². The molecule has 0 aliphatic rings. The number of amides is 1. The molecule has 2 aromatic carbocycles. The van der Waals surface area contributed by atoms with E-state index in [1.165, 1.54) is 0 Å². The van der Waals surface area contributed by atoms with Crippen molar-refractivity contribution >= 4 is 23.2 Å². The van der Waals surface area contributed by atoms with Gasteiger partial charge in [-0.3, -0.25) is 0 Å². The summed E-state index contributed by atoms with van der Waals surface area (Å²) in [6.07, 6.45) is 3.02. The van der Waals surface area contributed by atoms with E-state index >= 15 is 0 Å². The molecule has 0 radical (unpaired) electrons. The van der Waals surface area contributed by atoms with Crippen molar-refractivity contribution in [2.45, 2.75) is 13.5 Å². The van der Waals surface area contributed by atoms with E-state index in [4.69, 9.17) is 14.2 Å². The molecule has 3 aromatic rings. The predicted octanol–water partition coefficient (Wildman–Crippen LogP) is 3.81. The molecule has 0 spiro atoms. The quantitative estimate of drug-likeness (QED) is 0.476. The number of hydrazone groups is 1. The molecule has 0 aliphatic carbocycles. The molecule has 0 saturated carbocycles. The van der Waals surface area contributed by atoms with Gasteiger partial charge in [-0.25, -0.2) is 10.2 Å². The number of methoxy groups -OCH3 is 1. The van der Waals surface area contributed by atoms with E-state index in [2.05, 4.69) is 15.1 Å².